The van der Waals surface area contributed by atoms with Crippen molar-refractivity contribution in [2.24, 2.45) is 0 Å². The van der Waals surface area contributed by atoms with Gasteiger partial charge in [0.2, 0.25) is 0 Å². The topological polar surface area (TPSA) is 46.2 Å². The van der Waals surface area contributed by atoms with Gasteiger partial charge in [0.1, 0.15) is 0 Å². The highest BCUT2D eigenvalue weighted by Crippen LogP contribution is 2.10. The fraction of sp³-hybridized carbons (Fsp3) is 0.500. The maximum atomic E-state index is 11.5. The number of rotatable bonds is 2. The predicted molar refractivity (Wildman–Crippen MR) is 65.3 cm³/mol. The Morgan fingerprint density at radius 2 is 2.00 bits per heavy atom. The molecule has 1 atom stereocenters. The second-order valence-corrected chi connectivity index (χ2v) is 6.68. The van der Waals surface area contributed by atoms with Crippen LogP contribution in [0.3, 0.4) is 0 Å². The van der Waals surface area contributed by atoms with Gasteiger partial charge >= 0.3 is 0 Å². The van der Waals surface area contributed by atoms with Crippen LogP contribution in [-0.4, -0.2) is 32.5 Å². The van der Waals surface area contributed by atoms with Crippen LogP contribution in [0.1, 0.15) is 11.1 Å². The van der Waals surface area contributed by atoms with Gasteiger partial charge in [-0.2, -0.15) is 0 Å². The maximum Gasteiger partial charge on any atom is 0.153 e. The first-order valence-corrected chi connectivity index (χ1v) is 7.37. The van der Waals surface area contributed by atoms with Gasteiger partial charge in [0.15, 0.2) is 9.84 Å². The van der Waals surface area contributed by atoms with Crippen molar-refractivity contribution in [3.63, 3.8) is 0 Å². The van der Waals surface area contributed by atoms with E-state index in [1.807, 2.05) is 6.92 Å². The quantitative estimate of drug-likeness (QED) is 0.835. The van der Waals surface area contributed by atoms with Crippen molar-refractivity contribution in [2.75, 3.05) is 18.1 Å². The highest BCUT2D eigenvalue weighted by Gasteiger charge is 2.23. The average molecular weight is 239 g/mol. The molecule has 0 amide bonds. The molecule has 3 nitrogen and oxygen atoms in total. The third-order valence-corrected chi connectivity index (χ3v) is 4.64. The lowest BCUT2D eigenvalue weighted by atomic mass is 10.1. The Morgan fingerprint density at radius 1 is 1.31 bits per heavy atom. The Bertz CT molecular complexity index is 450. The molecule has 1 aromatic carbocycles. The Labute approximate surface area is 96.8 Å². The van der Waals surface area contributed by atoms with Crippen LogP contribution in [0.4, 0.5) is 0 Å². The molecule has 4 heteroatoms. The second-order valence-electron chi connectivity index (χ2n) is 4.46. The molecule has 88 valence electrons. The van der Waals surface area contributed by atoms with Crippen molar-refractivity contribution in [1.82, 2.24) is 5.32 Å². The monoisotopic (exact) mass is 239 g/mol. The lowest BCUT2D eigenvalue weighted by molar-refractivity contribution is 0.515. The molecular formula is C12H17NO2S. The fourth-order valence-corrected chi connectivity index (χ4v) is 3.45. The van der Waals surface area contributed by atoms with Gasteiger partial charge in [0.25, 0.3) is 0 Å². The lowest BCUT2D eigenvalue weighted by Gasteiger charge is -2.23. The summed E-state index contributed by atoms with van der Waals surface area (Å²) in [6.07, 6.45) is 0.791. The molecule has 0 radical (unpaired) electrons. The van der Waals surface area contributed by atoms with Gasteiger partial charge in [-0.1, -0.05) is 29.8 Å². The zero-order chi connectivity index (χ0) is 11.6. The van der Waals surface area contributed by atoms with E-state index in [0.29, 0.717) is 6.54 Å². The van der Waals surface area contributed by atoms with Crippen molar-refractivity contribution in [1.29, 1.82) is 0 Å². The first-order chi connectivity index (χ1) is 7.55. The molecule has 1 saturated heterocycles. The largest absolute Gasteiger partial charge is 0.312 e. The smallest absolute Gasteiger partial charge is 0.153 e. The summed E-state index contributed by atoms with van der Waals surface area (Å²) in [6.45, 7) is 2.63. The van der Waals surface area contributed by atoms with Gasteiger partial charge in [-0.15, -0.1) is 0 Å². The Kier molecular flexibility index (Phi) is 3.30. The van der Waals surface area contributed by atoms with Crippen LogP contribution in [-0.2, 0) is 16.3 Å². The Morgan fingerprint density at radius 3 is 2.62 bits per heavy atom. The molecule has 0 spiro atoms. The van der Waals surface area contributed by atoms with E-state index >= 15 is 0 Å². The van der Waals surface area contributed by atoms with Crippen LogP contribution < -0.4 is 5.32 Å². The number of benzene rings is 1. The minimum atomic E-state index is -2.82. The molecule has 1 aromatic rings. The minimum Gasteiger partial charge on any atom is -0.312 e. The molecule has 1 heterocycles. The number of aryl methyl sites for hydroxylation is 1. The first kappa shape index (κ1) is 11.6. The average Bonchev–Trinajstić information content (AvgIpc) is 2.20. The highest BCUT2D eigenvalue weighted by atomic mass is 32.2. The summed E-state index contributed by atoms with van der Waals surface area (Å²) in [5, 5.41) is 3.26. The van der Waals surface area contributed by atoms with E-state index in [4.69, 9.17) is 0 Å². The lowest BCUT2D eigenvalue weighted by Crippen LogP contribution is -2.46. The second kappa shape index (κ2) is 4.55. The van der Waals surface area contributed by atoms with Crippen LogP contribution in [0.5, 0.6) is 0 Å². The van der Waals surface area contributed by atoms with Crippen LogP contribution in [0.25, 0.3) is 0 Å². The van der Waals surface area contributed by atoms with Crippen molar-refractivity contribution in [3.05, 3.63) is 35.4 Å². The summed E-state index contributed by atoms with van der Waals surface area (Å²) < 4.78 is 22.9. The number of sulfone groups is 1. The molecule has 0 aromatic heterocycles. The van der Waals surface area contributed by atoms with Gasteiger partial charge in [-0.3, -0.25) is 0 Å². The summed E-state index contributed by atoms with van der Waals surface area (Å²) in [4.78, 5) is 0. The molecule has 1 N–H and O–H groups in total. The van der Waals surface area contributed by atoms with Crippen molar-refractivity contribution in [3.8, 4) is 0 Å². The van der Waals surface area contributed by atoms with Gasteiger partial charge in [0.05, 0.1) is 11.5 Å². The van der Waals surface area contributed by atoms with Gasteiger partial charge < -0.3 is 5.32 Å². The van der Waals surface area contributed by atoms with E-state index in [2.05, 4.69) is 29.6 Å². The predicted octanol–water partition coefficient (Wildman–Crippen LogP) is 0.924. The Hall–Kier alpha value is -0.870. The summed E-state index contributed by atoms with van der Waals surface area (Å²) >= 11 is 0. The molecule has 2 rings (SSSR count). The maximum absolute atomic E-state index is 11.5. The molecular weight excluding hydrogens is 222 g/mol. The summed E-state index contributed by atoms with van der Waals surface area (Å²) in [7, 11) is -2.82. The van der Waals surface area contributed by atoms with Crippen molar-refractivity contribution < 1.29 is 8.42 Å². The van der Waals surface area contributed by atoms with Gasteiger partial charge in [-0.25, -0.2) is 8.42 Å². The minimum absolute atomic E-state index is 0.0708. The zero-order valence-electron chi connectivity index (χ0n) is 9.44. The number of hydrogen-bond donors (Lipinski definition) is 1. The third-order valence-electron chi connectivity index (χ3n) is 2.90. The van der Waals surface area contributed by atoms with Crippen molar-refractivity contribution >= 4 is 9.84 Å². The number of hydrogen-bond acceptors (Lipinski definition) is 3. The van der Waals surface area contributed by atoms with E-state index in [9.17, 15) is 8.42 Å². The molecule has 1 aliphatic rings. The summed E-state index contributed by atoms with van der Waals surface area (Å²) in [5.41, 5.74) is 2.42. The van der Waals surface area contributed by atoms with Crippen molar-refractivity contribution in [2.45, 2.75) is 19.4 Å². The van der Waals surface area contributed by atoms with Gasteiger partial charge in [-0.05, 0) is 18.9 Å². The Balaban J connectivity index is 2.02. The summed E-state index contributed by atoms with van der Waals surface area (Å²) in [5.74, 6) is 0.540. The standard InChI is InChI=1S/C12H17NO2S/c1-10-2-4-11(5-3-10)8-12-9-16(14,15)7-6-13-12/h2-5,12-13H,6-9H2,1H3. The molecule has 16 heavy (non-hydrogen) atoms. The van der Waals surface area contributed by atoms with E-state index in [-0.39, 0.29) is 17.5 Å². The van der Waals surface area contributed by atoms with E-state index in [1.165, 1.54) is 11.1 Å². The summed E-state index contributed by atoms with van der Waals surface area (Å²) in [6, 6.07) is 8.33. The molecule has 1 fully saturated rings. The third kappa shape index (κ3) is 3.06. The first-order valence-electron chi connectivity index (χ1n) is 5.54. The van der Waals surface area contributed by atoms with E-state index < -0.39 is 9.84 Å². The van der Waals surface area contributed by atoms with Gasteiger partial charge in [0, 0.05) is 12.6 Å². The molecule has 0 aliphatic carbocycles. The van der Waals surface area contributed by atoms with Crippen LogP contribution in [0.15, 0.2) is 24.3 Å². The van der Waals surface area contributed by atoms with Crippen LogP contribution in [0, 0.1) is 6.92 Å². The van der Waals surface area contributed by atoms with E-state index in [0.717, 1.165) is 6.42 Å². The van der Waals surface area contributed by atoms with E-state index in [1.54, 1.807) is 0 Å². The molecule has 1 aliphatic heterocycles. The molecule has 1 unspecified atom stereocenters. The SMILES string of the molecule is Cc1ccc(CC2CS(=O)(=O)CCN2)cc1. The zero-order valence-corrected chi connectivity index (χ0v) is 10.3. The molecule has 0 bridgehead atoms. The highest BCUT2D eigenvalue weighted by molar-refractivity contribution is 7.91. The number of nitrogens with one attached hydrogen (secondary N) is 1. The fourth-order valence-electron chi connectivity index (χ4n) is 2.01. The normalized spacial score (nSPS) is 24.2. The molecule has 0 saturated carbocycles. The van der Waals surface area contributed by atoms with Crippen LogP contribution in [0.2, 0.25) is 0 Å². The van der Waals surface area contributed by atoms with Crippen LogP contribution >= 0.6 is 0 Å².